The average Bonchev–Trinajstić information content (AvgIpc) is 3.51. The number of imide groups is 1. The summed E-state index contributed by atoms with van der Waals surface area (Å²) < 4.78 is 20.9. The Balaban J connectivity index is 1.46. The molecule has 1 aliphatic heterocycles. The topological polar surface area (TPSA) is 182 Å². The molecule has 1 aromatic carbocycles. The van der Waals surface area contributed by atoms with Gasteiger partial charge in [-0.1, -0.05) is 0 Å². The maximum atomic E-state index is 14.4. The van der Waals surface area contributed by atoms with Crippen LogP contribution in [0.2, 0.25) is 0 Å². The summed E-state index contributed by atoms with van der Waals surface area (Å²) in [5, 5.41) is 13.1. The molecule has 2 fully saturated rings. The minimum atomic E-state index is -0.899. The molecular formula is C23H24FN9O4. The maximum Gasteiger partial charge on any atom is 0.331 e. The van der Waals surface area contributed by atoms with E-state index in [1.54, 1.807) is 16.6 Å². The fourth-order valence-corrected chi connectivity index (χ4v) is 3.56. The number of halogens is 1. The molecule has 5 rings (SSSR count). The van der Waals surface area contributed by atoms with Crippen LogP contribution in [0.4, 0.5) is 32.2 Å². The van der Waals surface area contributed by atoms with Crippen LogP contribution in [0.5, 0.6) is 0 Å². The number of urea groups is 1. The molecule has 2 aliphatic rings. The van der Waals surface area contributed by atoms with Gasteiger partial charge in [0, 0.05) is 23.4 Å². The average molecular weight is 510 g/mol. The van der Waals surface area contributed by atoms with Crippen LogP contribution in [-0.2, 0) is 14.3 Å². The van der Waals surface area contributed by atoms with Crippen molar-refractivity contribution in [3.8, 4) is 0 Å². The highest BCUT2D eigenvalue weighted by Crippen LogP contribution is 2.29. The molecule has 14 heteroatoms. The second kappa shape index (κ2) is 9.39. The first-order valence-electron chi connectivity index (χ1n) is 11.4. The van der Waals surface area contributed by atoms with E-state index in [1.807, 2.05) is 0 Å². The number of carbonyl (C=O) groups is 3. The number of amides is 3. The summed E-state index contributed by atoms with van der Waals surface area (Å²) in [5.41, 5.74) is 12.3. The number of benzene rings is 1. The van der Waals surface area contributed by atoms with Gasteiger partial charge >= 0.3 is 12.0 Å². The molecule has 2 aromatic heterocycles. The second-order valence-corrected chi connectivity index (χ2v) is 8.75. The Bertz CT molecular complexity index is 1450. The van der Waals surface area contributed by atoms with Crippen molar-refractivity contribution in [2.45, 2.75) is 31.8 Å². The summed E-state index contributed by atoms with van der Waals surface area (Å²) in [4.78, 5) is 42.0. The number of hydrogen-bond acceptors (Lipinski definition) is 10. The van der Waals surface area contributed by atoms with Crippen LogP contribution in [0, 0.1) is 5.82 Å². The number of carbonyl (C=O) groups excluding carboxylic acids is 3. The summed E-state index contributed by atoms with van der Waals surface area (Å²) >= 11 is 0. The molecule has 192 valence electrons. The quantitative estimate of drug-likeness (QED) is 0.129. The molecule has 7 N–H and O–H groups in total. The zero-order valence-electron chi connectivity index (χ0n) is 19.7. The number of ether oxygens (including phenoxy) is 1. The van der Waals surface area contributed by atoms with E-state index in [-0.39, 0.29) is 23.1 Å². The van der Waals surface area contributed by atoms with Gasteiger partial charge in [0.25, 0.3) is 5.91 Å². The van der Waals surface area contributed by atoms with E-state index in [0.717, 1.165) is 17.7 Å². The Hall–Kier alpha value is -4.72. The number of esters is 1. The van der Waals surface area contributed by atoms with E-state index in [1.165, 1.54) is 31.3 Å². The van der Waals surface area contributed by atoms with E-state index >= 15 is 0 Å². The van der Waals surface area contributed by atoms with Gasteiger partial charge in [-0.2, -0.15) is 9.61 Å². The standard InChI is InChI=1S/C23H24FN9O4/c1-11(25)22(35)37-10-32-21(34)17(30-23(32)36)6-12-9-27-33-19(28-14-3-4-14)8-18(31-20(12)33)29-16-5-2-13(26)7-15(16)24/h2,5-9,11,14,28H,3-4,10,25-26H2,1H3,(H,29,31)(H,30,36)/b17-6-/t11-/m0/s1. The molecule has 0 spiro atoms. The number of anilines is 4. The number of nitrogens with one attached hydrogen (secondary N) is 3. The molecule has 0 radical (unpaired) electrons. The van der Waals surface area contributed by atoms with Crippen molar-refractivity contribution in [3.63, 3.8) is 0 Å². The van der Waals surface area contributed by atoms with E-state index in [0.29, 0.717) is 22.8 Å². The highest BCUT2D eigenvalue weighted by molar-refractivity contribution is 6.14. The lowest BCUT2D eigenvalue weighted by atomic mass is 10.2. The highest BCUT2D eigenvalue weighted by Gasteiger charge is 2.35. The Morgan fingerprint density at radius 3 is 2.84 bits per heavy atom. The first kappa shape index (κ1) is 24.0. The molecule has 3 amide bonds. The number of fused-ring (bicyclic) bond motifs is 1. The number of rotatable bonds is 8. The summed E-state index contributed by atoms with van der Waals surface area (Å²) in [5.74, 6) is -1.06. The van der Waals surface area contributed by atoms with Crippen LogP contribution >= 0.6 is 0 Å². The van der Waals surface area contributed by atoms with Gasteiger partial charge in [0.2, 0.25) is 0 Å². The van der Waals surface area contributed by atoms with Crippen LogP contribution in [0.1, 0.15) is 25.3 Å². The van der Waals surface area contributed by atoms with Crippen LogP contribution in [-0.4, -0.2) is 56.2 Å². The molecule has 37 heavy (non-hydrogen) atoms. The molecule has 3 heterocycles. The molecule has 0 unspecified atom stereocenters. The van der Waals surface area contributed by atoms with Crippen molar-refractivity contribution in [2.75, 3.05) is 23.1 Å². The van der Waals surface area contributed by atoms with Gasteiger partial charge in [-0.3, -0.25) is 9.59 Å². The Kier molecular flexibility index (Phi) is 6.09. The molecular weight excluding hydrogens is 485 g/mol. The van der Waals surface area contributed by atoms with E-state index in [2.05, 4.69) is 26.0 Å². The summed E-state index contributed by atoms with van der Waals surface area (Å²) in [6.07, 6.45) is 4.90. The van der Waals surface area contributed by atoms with Gasteiger partial charge in [0.15, 0.2) is 12.4 Å². The summed E-state index contributed by atoms with van der Waals surface area (Å²) in [7, 11) is 0. The van der Waals surface area contributed by atoms with Crippen molar-refractivity contribution in [1.29, 1.82) is 0 Å². The van der Waals surface area contributed by atoms with Gasteiger partial charge in [0.1, 0.15) is 29.2 Å². The van der Waals surface area contributed by atoms with Crippen LogP contribution < -0.4 is 27.4 Å². The normalized spacial score (nSPS) is 17.3. The van der Waals surface area contributed by atoms with Gasteiger partial charge in [0.05, 0.1) is 11.9 Å². The van der Waals surface area contributed by atoms with Crippen molar-refractivity contribution in [3.05, 3.63) is 47.5 Å². The predicted octanol–water partition coefficient (Wildman–Crippen LogP) is 1.51. The lowest BCUT2D eigenvalue weighted by Crippen LogP contribution is -2.37. The summed E-state index contributed by atoms with van der Waals surface area (Å²) in [6.45, 7) is 0.848. The van der Waals surface area contributed by atoms with Gasteiger partial charge < -0.3 is 32.2 Å². The summed E-state index contributed by atoms with van der Waals surface area (Å²) in [6, 6.07) is 4.59. The molecule has 0 bridgehead atoms. The SMILES string of the molecule is C[C@H](N)C(=O)OCN1C(=O)N/C(=C\c2cnn3c(NC4CC4)cc(Nc4ccc(N)cc4F)nc23)C1=O. The van der Waals surface area contributed by atoms with Crippen molar-refractivity contribution in [1.82, 2.24) is 24.8 Å². The first-order chi connectivity index (χ1) is 17.7. The van der Waals surface area contributed by atoms with Gasteiger partial charge in [-0.25, -0.2) is 19.1 Å². The van der Waals surface area contributed by atoms with Crippen LogP contribution in [0.15, 0.2) is 36.2 Å². The van der Waals surface area contributed by atoms with E-state index in [4.69, 9.17) is 16.2 Å². The van der Waals surface area contributed by atoms with Crippen molar-refractivity contribution in [2.24, 2.45) is 5.73 Å². The molecule has 3 aromatic rings. The molecule has 1 aliphatic carbocycles. The highest BCUT2D eigenvalue weighted by atomic mass is 19.1. The number of hydrogen-bond donors (Lipinski definition) is 5. The molecule has 13 nitrogen and oxygen atoms in total. The van der Waals surface area contributed by atoms with E-state index < -0.39 is 36.5 Å². The minimum absolute atomic E-state index is 0.0572. The van der Waals surface area contributed by atoms with Crippen molar-refractivity contribution >= 4 is 52.6 Å². The van der Waals surface area contributed by atoms with Gasteiger partial charge in [-0.05, 0) is 44.0 Å². The predicted molar refractivity (Wildman–Crippen MR) is 132 cm³/mol. The van der Waals surface area contributed by atoms with E-state index in [9.17, 15) is 18.8 Å². The maximum absolute atomic E-state index is 14.4. The molecule has 1 saturated heterocycles. The minimum Gasteiger partial charge on any atom is -0.442 e. The Morgan fingerprint density at radius 2 is 2.14 bits per heavy atom. The molecule has 1 atom stereocenters. The molecule has 1 saturated carbocycles. The monoisotopic (exact) mass is 509 g/mol. The number of nitrogens with zero attached hydrogens (tertiary/aromatic N) is 4. The second-order valence-electron chi connectivity index (χ2n) is 8.75. The Labute approximate surface area is 209 Å². The number of nitrogen functional groups attached to an aromatic ring is 1. The third-order valence-corrected chi connectivity index (χ3v) is 5.65. The van der Waals surface area contributed by atoms with Crippen molar-refractivity contribution < 1.29 is 23.5 Å². The lowest BCUT2D eigenvalue weighted by molar-refractivity contribution is -0.149. The fraction of sp³-hybridized carbons (Fsp3) is 0.261. The number of aromatic nitrogens is 3. The van der Waals surface area contributed by atoms with Crippen LogP contribution in [0.3, 0.4) is 0 Å². The third-order valence-electron chi connectivity index (χ3n) is 5.65. The fourth-order valence-electron chi connectivity index (χ4n) is 3.56. The zero-order valence-corrected chi connectivity index (χ0v) is 19.7. The number of nitrogens with two attached hydrogens (primary N) is 2. The third kappa shape index (κ3) is 4.99. The van der Waals surface area contributed by atoms with Crippen LogP contribution in [0.25, 0.3) is 11.7 Å². The first-order valence-corrected chi connectivity index (χ1v) is 11.4. The lowest BCUT2D eigenvalue weighted by Gasteiger charge is -2.13. The Morgan fingerprint density at radius 1 is 1.35 bits per heavy atom. The van der Waals surface area contributed by atoms with Gasteiger partial charge in [-0.15, -0.1) is 0 Å². The largest absolute Gasteiger partial charge is 0.442 e. The zero-order chi connectivity index (χ0) is 26.3. The smallest absolute Gasteiger partial charge is 0.331 e.